The summed E-state index contributed by atoms with van der Waals surface area (Å²) >= 11 is 0. The van der Waals surface area contributed by atoms with E-state index in [1.165, 1.54) is 0 Å². The number of Topliss-reactive ketones (excluding diaryl/α,β-unsaturated/α-hetero) is 1. The van der Waals surface area contributed by atoms with Gasteiger partial charge in [0, 0.05) is 23.7 Å². The van der Waals surface area contributed by atoms with E-state index in [9.17, 15) is 4.79 Å². The van der Waals surface area contributed by atoms with Crippen molar-refractivity contribution in [2.75, 3.05) is 18.9 Å². The Morgan fingerprint density at radius 2 is 1.67 bits per heavy atom. The van der Waals surface area contributed by atoms with Gasteiger partial charge < -0.3 is 15.2 Å². The quantitative estimate of drug-likeness (QED) is 0.481. The number of nitrogen functional groups attached to an aromatic ring is 1. The molecular formula is C17H19NO3. The van der Waals surface area contributed by atoms with Crippen LogP contribution in [0.1, 0.15) is 23.7 Å². The Kier molecular flexibility index (Phi) is 5.21. The van der Waals surface area contributed by atoms with Crippen LogP contribution in [0.5, 0.6) is 11.5 Å². The third kappa shape index (κ3) is 4.53. The predicted molar refractivity (Wildman–Crippen MR) is 82.9 cm³/mol. The van der Waals surface area contributed by atoms with Gasteiger partial charge in [0.15, 0.2) is 5.78 Å². The van der Waals surface area contributed by atoms with Gasteiger partial charge in [-0.15, -0.1) is 0 Å². The Morgan fingerprint density at radius 1 is 1.00 bits per heavy atom. The van der Waals surface area contributed by atoms with Crippen LogP contribution in [-0.4, -0.2) is 19.0 Å². The standard InChI is InChI=1S/C17H19NO3/c1-2-17(19)13-6-8-15(9-7-13)20-10-11-21-16-5-3-4-14(18)12-16/h3-9,12H,2,10-11,18H2,1H3. The summed E-state index contributed by atoms with van der Waals surface area (Å²) in [5, 5.41) is 0. The molecule has 0 spiro atoms. The van der Waals surface area contributed by atoms with Gasteiger partial charge in [0.25, 0.3) is 0 Å². The van der Waals surface area contributed by atoms with E-state index in [1.807, 2.05) is 25.1 Å². The summed E-state index contributed by atoms with van der Waals surface area (Å²) in [7, 11) is 0. The van der Waals surface area contributed by atoms with Gasteiger partial charge in [-0.1, -0.05) is 13.0 Å². The van der Waals surface area contributed by atoms with Crippen molar-refractivity contribution in [3.05, 3.63) is 54.1 Å². The third-order valence-corrected chi connectivity index (χ3v) is 2.98. The highest BCUT2D eigenvalue weighted by atomic mass is 16.5. The molecule has 2 aromatic carbocycles. The van der Waals surface area contributed by atoms with Gasteiger partial charge in [-0.05, 0) is 36.4 Å². The lowest BCUT2D eigenvalue weighted by Gasteiger charge is -2.09. The number of benzene rings is 2. The normalized spacial score (nSPS) is 10.1. The molecule has 2 N–H and O–H groups in total. The SMILES string of the molecule is CCC(=O)c1ccc(OCCOc2cccc(N)c2)cc1. The fraction of sp³-hybridized carbons (Fsp3) is 0.235. The van der Waals surface area contributed by atoms with Crippen molar-refractivity contribution in [1.29, 1.82) is 0 Å². The number of rotatable bonds is 7. The smallest absolute Gasteiger partial charge is 0.162 e. The van der Waals surface area contributed by atoms with Crippen LogP contribution < -0.4 is 15.2 Å². The number of hydrogen-bond acceptors (Lipinski definition) is 4. The maximum absolute atomic E-state index is 11.5. The first-order valence-corrected chi connectivity index (χ1v) is 6.93. The first kappa shape index (κ1) is 14.9. The summed E-state index contributed by atoms with van der Waals surface area (Å²) < 4.78 is 11.1. The van der Waals surface area contributed by atoms with E-state index in [1.54, 1.807) is 30.3 Å². The van der Waals surface area contributed by atoms with Crippen molar-refractivity contribution in [1.82, 2.24) is 0 Å². The molecular weight excluding hydrogens is 266 g/mol. The van der Waals surface area contributed by atoms with Gasteiger partial charge >= 0.3 is 0 Å². The number of anilines is 1. The van der Waals surface area contributed by atoms with Crippen molar-refractivity contribution >= 4 is 11.5 Å². The highest BCUT2D eigenvalue weighted by Crippen LogP contribution is 2.15. The van der Waals surface area contributed by atoms with Gasteiger partial charge in [0.05, 0.1) is 0 Å². The molecule has 4 heteroatoms. The van der Waals surface area contributed by atoms with Gasteiger partial charge in [0.1, 0.15) is 24.7 Å². The molecule has 4 nitrogen and oxygen atoms in total. The lowest BCUT2D eigenvalue weighted by atomic mass is 10.1. The highest BCUT2D eigenvalue weighted by Gasteiger charge is 2.02. The molecule has 0 aliphatic rings. The molecule has 0 aromatic heterocycles. The zero-order valence-corrected chi connectivity index (χ0v) is 12.0. The topological polar surface area (TPSA) is 61.5 Å². The molecule has 2 aromatic rings. The Morgan fingerprint density at radius 3 is 2.29 bits per heavy atom. The van der Waals surface area contributed by atoms with Crippen molar-refractivity contribution in [3.8, 4) is 11.5 Å². The molecule has 0 aliphatic heterocycles. The van der Waals surface area contributed by atoms with E-state index in [2.05, 4.69) is 0 Å². The maximum atomic E-state index is 11.5. The molecule has 0 saturated carbocycles. The van der Waals surface area contributed by atoms with Gasteiger partial charge in [-0.25, -0.2) is 0 Å². The highest BCUT2D eigenvalue weighted by molar-refractivity contribution is 5.95. The molecule has 0 aliphatic carbocycles. The molecule has 0 heterocycles. The number of ketones is 1. The van der Waals surface area contributed by atoms with E-state index >= 15 is 0 Å². The van der Waals surface area contributed by atoms with E-state index in [4.69, 9.17) is 15.2 Å². The van der Waals surface area contributed by atoms with Crippen LogP contribution in [-0.2, 0) is 0 Å². The number of carbonyl (C=O) groups is 1. The second-order valence-electron chi connectivity index (χ2n) is 4.57. The van der Waals surface area contributed by atoms with Crippen molar-refractivity contribution in [2.45, 2.75) is 13.3 Å². The second-order valence-corrected chi connectivity index (χ2v) is 4.57. The minimum Gasteiger partial charge on any atom is -0.490 e. The molecule has 0 bridgehead atoms. The minimum atomic E-state index is 0.131. The number of nitrogens with two attached hydrogens (primary N) is 1. The van der Waals surface area contributed by atoms with Crippen LogP contribution in [0.25, 0.3) is 0 Å². The van der Waals surface area contributed by atoms with Crippen molar-refractivity contribution in [2.24, 2.45) is 0 Å². The Balaban J connectivity index is 1.77. The molecule has 0 unspecified atom stereocenters. The molecule has 0 atom stereocenters. The monoisotopic (exact) mass is 285 g/mol. The molecule has 110 valence electrons. The Labute approximate surface area is 124 Å². The lowest BCUT2D eigenvalue weighted by Crippen LogP contribution is -2.09. The van der Waals surface area contributed by atoms with Crippen LogP contribution in [0, 0.1) is 0 Å². The van der Waals surface area contributed by atoms with E-state index in [0.717, 1.165) is 11.5 Å². The van der Waals surface area contributed by atoms with Crippen molar-refractivity contribution in [3.63, 3.8) is 0 Å². The molecule has 0 fully saturated rings. The molecule has 0 amide bonds. The number of hydrogen-bond donors (Lipinski definition) is 1. The van der Waals surface area contributed by atoms with E-state index < -0.39 is 0 Å². The molecule has 0 saturated heterocycles. The van der Waals surface area contributed by atoms with Gasteiger partial charge in [-0.3, -0.25) is 4.79 Å². The lowest BCUT2D eigenvalue weighted by molar-refractivity contribution is 0.0988. The van der Waals surface area contributed by atoms with Crippen LogP contribution in [0.2, 0.25) is 0 Å². The third-order valence-electron chi connectivity index (χ3n) is 2.98. The number of ether oxygens (including phenoxy) is 2. The van der Waals surface area contributed by atoms with Crippen molar-refractivity contribution < 1.29 is 14.3 Å². The van der Waals surface area contributed by atoms with Crippen LogP contribution >= 0.6 is 0 Å². The number of carbonyl (C=O) groups excluding carboxylic acids is 1. The zero-order valence-electron chi connectivity index (χ0n) is 12.0. The van der Waals surface area contributed by atoms with Gasteiger partial charge in [-0.2, -0.15) is 0 Å². The predicted octanol–water partition coefficient (Wildman–Crippen LogP) is 3.32. The molecule has 2 rings (SSSR count). The largest absolute Gasteiger partial charge is 0.490 e. The first-order valence-electron chi connectivity index (χ1n) is 6.93. The maximum Gasteiger partial charge on any atom is 0.162 e. The van der Waals surface area contributed by atoms with Crippen LogP contribution in [0.4, 0.5) is 5.69 Å². The molecule has 21 heavy (non-hydrogen) atoms. The summed E-state index contributed by atoms with van der Waals surface area (Å²) in [6.45, 7) is 2.70. The fourth-order valence-electron chi connectivity index (χ4n) is 1.86. The minimum absolute atomic E-state index is 0.131. The second kappa shape index (κ2) is 7.33. The average molecular weight is 285 g/mol. The Bertz CT molecular complexity index is 593. The summed E-state index contributed by atoms with van der Waals surface area (Å²) in [6, 6.07) is 14.4. The average Bonchev–Trinajstić information content (AvgIpc) is 2.51. The summed E-state index contributed by atoms with van der Waals surface area (Å²) in [5.74, 6) is 1.58. The van der Waals surface area contributed by atoms with E-state index in [0.29, 0.717) is 30.9 Å². The molecule has 0 radical (unpaired) electrons. The zero-order chi connectivity index (χ0) is 15.1. The Hall–Kier alpha value is -2.49. The summed E-state index contributed by atoms with van der Waals surface area (Å²) in [6.07, 6.45) is 0.508. The first-order chi connectivity index (χ1) is 10.2. The summed E-state index contributed by atoms with van der Waals surface area (Å²) in [4.78, 5) is 11.5. The summed E-state index contributed by atoms with van der Waals surface area (Å²) in [5.41, 5.74) is 7.05. The van der Waals surface area contributed by atoms with Crippen LogP contribution in [0.3, 0.4) is 0 Å². The van der Waals surface area contributed by atoms with Gasteiger partial charge in [0.2, 0.25) is 0 Å². The van der Waals surface area contributed by atoms with E-state index in [-0.39, 0.29) is 5.78 Å². The fourth-order valence-corrected chi connectivity index (χ4v) is 1.86. The van der Waals surface area contributed by atoms with Crippen LogP contribution in [0.15, 0.2) is 48.5 Å².